The highest BCUT2D eigenvalue weighted by molar-refractivity contribution is 5.87. The molecule has 1 N–H and O–H groups in total. The van der Waals surface area contributed by atoms with Gasteiger partial charge in [0.15, 0.2) is 0 Å². The lowest BCUT2D eigenvalue weighted by molar-refractivity contribution is -0.126. The van der Waals surface area contributed by atoms with Crippen molar-refractivity contribution in [3.05, 3.63) is 59.4 Å². The van der Waals surface area contributed by atoms with Crippen LogP contribution >= 0.6 is 0 Å². The molecule has 1 atom stereocenters. The molecule has 7 nitrogen and oxygen atoms in total. The monoisotopic (exact) mass is 392 g/mol. The molecule has 1 aliphatic carbocycles. The molecule has 1 aromatic carbocycles. The van der Waals surface area contributed by atoms with Gasteiger partial charge in [-0.2, -0.15) is 5.10 Å². The van der Waals surface area contributed by atoms with Crippen LogP contribution in [0.25, 0.3) is 5.69 Å². The van der Waals surface area contributed by atoms with Crippen molar-refractivity contribution >= 4 is 12.0 Å². The van der Waals surface area contributed by atoms with Crippen LogP contribution in [-0.2, 0) is 17.6 Å². The number of carboxylic acid groups (broad SMARTS) is 1. The van der Waals surface area contributed by atoms with Gasteiger partial charge in [0.05, 0.1) is 23.1 Å². The highest BCUT2D eigenvalue weighted by Gasteiger charge is 2.39. The fourth-order valence-corrected chi connectivity index (χ4v) is 4.67. The summed E-state index contributed by atoms with van der Waals surface area (Å²) in [6.07, 6.45) is 4.10. The van der Waals surface area contributed by atoms with Gasteiger partial charge in [-0.25, -0.2) is 9.48 Å². The van der Waals surface area contributed by atoms with Gasteiger partial charge in [0.25, 0.3) is 0 Å². The molecule has 2 amide bonds. The number of carbonyl (C=O) groups is 2. The van der Waals surface area contributed by atoms with E-state index in [9.17, 15) is 14.7 Å². The Morgan fingerprint density at radius 1 is 1.14 bits per heavy atom. The minimum absolute atomic E-state index is 0.170. The molecule has 29 heavy (non-hydrogen) atoms. The normalized spacial score (nSPS) is 20.8. The molecule has 0 bridgehead atoms. The molecule has 2 aromatic rings. The van der Waals surface area contributed by atoms with Crippen molar-refractivity contribution in [2.24, 2.45) is 0 Å². The first-order chi connectivity index (χ1) is 14.1. The standard InChI is InChI=1S/C22H24N4O3/c1-2-20(27)24-11-9-17-21-18(10-12-25(22(28)29)19(21)13-24)26(23-17)16-7-5-15(6-8-16)14-3-4-14/h2,5-8,14,19H,1,3-4,9-13H2,(H,28,29). The fourth-order valence-electron chi connectivity index (χ4n) is 4.67. The van der Waals surface area contributed by atoms with Crippen molar-refractivity contribution in [1.29, 1.82) is 0 Å². The quantitative estimate of drug-likeness (QED) is 0.815. The molecule has 1 aromatic heterocycles. The van der Waals surface area contributed by atoms with Crippen molar-refractivity contribution in [2.75, 3.05) is 19.6 Å². The molecular weight excluding hydrogens is 368 g/mol. The maximum absolute atomic E-state index is 12.2. The Balaban J connectivity index is 1.56. The van der Waals surface area contributed by atoms with Crippen LogP contribution in [0.3, 0.4) is 0 Å². The van der Waals surface area contributed by atoms with Crippen LogP contribution in [-0.4, -0.2) is 56.3 Å². The van der Waals surface area contributed by atoms with Crippen LogP contribution in [0.4, 0.5) is 4.79 Å². The molecule has 1 unspecified atom stereocenters. The summed E-state index contributed by atoms with van der Waals surface area (Å²) in [5, 5.41) is 14.6. The summed E-state index contributed by atoms with van der Waals surface area (Å²) in [4.78, 5) is 27.2. The third-order valence-corrected chi connectivity index (χ3v) is 6.33. The fraction of sp³-hybridized carbons (Fsp3) is 0.409. The Labute approximate surface area is 169 Å². The predicted molar refractivity (Wildman–Crippen MR) is 107 cm³/mol. The summed E-state index contributed by atoms with van der Waals surface area (Å²) in [5.41, 5.74) is 5.32. The van der Waals surface area contributed by atoms with Crippen LogP contribution in [0, 0.1) is 0 Å². The Hall–Kier alpha value is -3.09. The lowest BCUT2D eigenvalue weighted by Crippen LogP contribution is -2.45. The minimum Gasteiger partial charge on any atom is -0.465 e. The largest absolute Gasteiger partial charge is 0.465 e. The molecule has 5 rings (SSSR count). The third-order valence-electron chi connectivity index (χ3n) is 6.33. The van der Waals surface area contributed by atoms with E-state index in [-0.39, 0.29) is 5.91 Å². The minimum atomic E-state index is -0.957. The second-order valence-electron chi connectivity index (χ2n) is 8.06. The molecular formula is C22H24N4O3. The highest BCUT2D eigenvalue weighted by Crippen LogP contribution is 2.41. The summed E-state index contributed by atoms with van der Waals surface area (Å²) in [5.74, 6) is 0.537. The molecule has 7 heteroatoms. The van der Waals surface area contributed by atoms with Crippen molar-refractivity contribution < 1.29 is 14.7 Å². The van der Waals surface area contributed by atoms with Gasteiger partial charge < -0.3 is 10.0 Å². The lowest BCUT2D eigenvalue weighted by Gasteiger charge is -2.35. The molecule has 0 radical (unpaired) electrons. The first-order valence-corrected chi connectivity index (χ1v) is 10.2. The van der Waals surface area contributed by atoms with Crippen molar-refractivity contribution in [1.82, 2.24) is 19.6 Å². The molecule has 1 fully saturated rings. The first kappa shape index (κ1) is 18.0. The summed E-state index contributed by atoms with van der Waals surface area (Å²) in [7, 11) is 0. The third kappa shape index (κ3) is 3.01. The molecule has 2 aliphatic heterocycles. The Bertz CT molecular complexity index is 990. The Morgan fingerprint density at radius 3 is 2.55 bits per heavy atom. The van der Waals surface area contributed by atoms with Gasteiger partial charge in [0, 0.05) is 38.0 Å². The van der Waals surface area contributed by atoms with E-state index in [4.69, 9.17) is 5.10 Å². The second kappa shape index (κ2) is 6.76. The second-order valence-corrected chi connectivity index (χ2v) is 8.06. The van der Waals surface area contributed by atoms with E-state index in [2.05, 4.69) is 30.8 Å². The van der Waals surface area contributed by atoms with Crippen molar-refractivity contribution in [2.45, 2.75) is 37.6 Å². The number of nitrogens with zero attached hydrogens (tertiary/aromatic N) is 4. The number of rotatable bonds is 3. The Morgan fingerprint density at radius 2 is 1.90 bits per heavy atom. The van der Waals surface area contributed by atoms with Gasteiger partial charge in [0.1, 0.15) is 0 Å². The van der Waals surface area contributed by atoms with Crippen LogP contribution < -0.4 is 0 Å². The molecule has 3 heterocycles. The zero-order valence-corrected chi connectivity index (χ0v) is 16.3. The van der Waals surface area contributed by atoms with E-state index in [0.29, 0.717) is 38.4 Å². The summed E-state index contributed by atoms with van der Waals surface area (Å²) in [6, 6.07) is 8.20. The average molecular weight is 392 g/mol. The number of aromatic nitrogens is 2. The number of hydrogen-bond acceptors (Lipinski definition) is 3. The van der Waals surface area contributed by atoms with Crippen LogP contribution in [0.1, 0.15) is 47.3 Å². The number of amides is 2. The molecule has 0 saturated heterocycles. The number of carbonyl (C=O) groups excluding carboxylic acids is 1. The zero-order chi connectivity index (χ0) is 20.1. The SMILES string of the molecule is C=CC(=O)N1CCc2nn(-c3ccc(C4CC4)cc3)c3c2C(C1)N(C(=O)O)CC3. The van der Waals surface area contributed by atoms with E-state index in [1.807, 2.05) is 4.68 Å². The van der Waals surface area contributed by atoms with E-state index in [1.54, 1.807) is 4.90 Å². The Kier molecular flexibility index (Phi) is 4.19. The summed E-state index contributed by atoms with van der Waals surface area (Å²) < 4.78 is 1.98. The van der Waals surface area contributed by atoms with Gasteiger partial charge in [-0.15, -0.1) is 0 Å². The molecule has 1 saturated carbocycles. The van der Waals surface area contributed by atoms with Gasteiger partial charge in [-0.3, -0.25) is 9.69 Å². The maximum Gasteiger partial charge on any atom is 0.407 e. The lowest BCUT2D eigenvalue weighted by atomic mass is 9.96. The van der Waals surface area contributed by atoms with E-state index >= 15 is 0 Å². The molecule has 150 valence electrons. The molecule has 0 spiro atoms. The van der Waals surface area contributed by atoms with Crippen molar-refractivity contribution in [3.63, 3.8) is 0 Å². The van der Waals surface area contributed by atoms with Crippen LogP contribution in [0.2, 0.25) is 0 Å². The maximum atomic E-state index is 12.2. The molecule has 3 aliphatic rings. The van der Waals surface area contributed by atoms with Gasteiger partial charge in [-0.1, -0.05) is 18.7 Å². The van der Waals surface area contributed by atoms with Gasteiger partial charge in [0.2, 0.25) is 5.91 Å². The van der Waals surface area contributed by atoms with Crippen LogP contribution in [0.5, 0.6) is 0 Å². The van der Waals surface area contributed by atoms with Gasteiger partial charge in [-0.05, 0) is 42.5 Å². The van der Waals surface area contributed by atoms with Gasteiger partial charge >= 0.3 is 6.09 Å². The highest BCUT2D eigenvalue weighted by atomic mass is 16.4. The average Bonchev–Trinajstić information content (AvgIpc) is 3.53. The summed E-state index contributed by atoms with van der Waals surface area (Å²) in [6.45, 7) is 4.82. The zero-order valence-electron chi connectivity index (χ0n) is 16.3. The topological polar surface area (TPSA) is 78.7 Å². The van der Waals surface area contributed by atoms with E-state index < -0.39 is 12.1 Å². The van der Waals surface area contributed by atoms with Crippen molar-refractivity contribution in [3.8, 4) is 5.69 Å². The number of benzene rings is 1. The summed E-state index contributed by atoms with van der Waals surface area (Å²) >= 11 is 0. The smallest absolute Gasteiger partial charge is 0.407 e. The predicted octanol–water partition coefficient (Wildman–Crippen LogP) is 2.90. The number of hydrogen-bond donors (Lipinski definition) is 1. The van der Waals surface area contributed by atoms with Crippen LogP contribution in [0.15, 0.2) is 36.9 Å². The van der Waals surface area contributed by atoms with E-state index in [1.165, 1.54) is 29.4 Å². The first-order valence-electron chi connectivity index (χ1n) is 10.2. The van der Waals surface area contributed by atoms with E-state index in [0.717, 1.165) is 22.6 Å².